The normalized spacial score (nSPS) is 18.6. The van der Waals surface area contributed by atoms with E-state index in [0.29, 0.717) is 12.6 Å². The van der Waals surface area contributed by atoms with Crippen LogP contribution in [0, 0.1) is 0 Å². The Morgan fingerprint density at radius 1 is 1.24 bits per heavy atom. The van der Waals surface area contributed by atoms with Gasteiger partial charge >= 0.3 is 6.09 Å². The van der Waals surface area contributed by atoms with Crippen molar-refractivity contribution in [2.24, 2.45) is 0 Å². The van der Waals surface area contributed by atoms with Gasteiger partial charge in [0.1, 0.15) is 5.60 Å². The second-order valence-corrected chi connectivity index (χ2v) is 8.14. The summed E-state index contributed by atoms with van der Waals surface area (Å²) >= 11 is 0. The molecule has 0 saturated carbocycles. The summed E-state index contributed by atoms with van der Waals surface area (Å²) in [6.07, 6.45) is 1.71. The predicted octanol–water partition coefficient (Wildman–Crippen LogP) is 2.89. The van der Waals surface area contributed by atoms with Crippen LogP contribution in [0.3, 0.4) is 0 Å². The van der Waals surface area contributed by atoms with Crippen molar-refractivity contribution in [3.63, 3.8) is 0 Å². The first kappa shape index (κ1) is 19.7. The number of likely N-dealkylation sites (tertiary alicyclic amines) is 1. The molecule has 1 atom stereocenters. The summed E-state index contributed by atoms with van der Waals surface area (Å²) in [5.41, 5.74) is 2.13. The van der Waals surface area contributed by atoms with Crippen LogP contribution in [0.4, 0.5) is 4.79 Å². The highest BCUT2D eigenvalue weighted by atomic mass is 16.6. The zero-order chi connectivity index (χ0) is 18.4. The minimum Gasteiger partial charge on any atom is -0.444 e. The topological polar surface area (TPSA) is 44.8 Å². The van der Waals surface area contributed by atoms with Crippen molar-refractivity contribution < 1.29 is 9.53 Å². The minimum absolute atomic E-state index is 0.353. The Hall–Kier alpha value is -1.59. The second-order valence-electron chi connectivity index (χ2n) is 8.14. The quantitative estimate of drug-likeness (QED) is 0.859. The fourth-order valence-corrected chi connectivity index (χ4v) is 3.07. The molecule has 1 aromatic carbocycles. The number of amides is 1. The first-order chi connectivity index (χ1) is 11.7. The number of carbonyl (C=O) groups is 1. The Morgan fingerprint density at radius 3 is 2.44 bits per heavy atom. The number of rotatable bonds is 6. The first-order valence-corrected chi connectivity index (χ1v) is 9.16. The van der Waals surface area contributed by atoms with E-state index in [1.165, 1.54) is 24.1 Å². The number of benzene rings is 1. The van der Waals surface area contributed by atoms with E-state index < -0.39 is 5.60 Å². The third-order valence-corrected chi connectivity index (χ3v) is 4.49. The molecule has 0 aliphatic carbocycles. The average Bonchev–Trinajstić information content (AvgIpc) is 2.96. The van der Waals surface area contributed by atoms with Crippen LogP contribution in [0.25, 0.3) is 0 Å². The molecule has 5 nitrogen and oxygen atoms in total. The number of ether oxygens (including phenoxy) is 1. The summed E-state index contributed by atoms with van der Waals surface area (Å²) < 4.78 is 5.24. The van der Waals surface area contributed by atoms with Crippen LogP contribution in [-0.4, -0.2) is 61.3 Å². The number of likely N-dealkylation sites (N-methyl/N-ethyl adjacent to an activating group) is 1. The molecule has 1 aliphatic rings. The van der Waals surface area contributed by atoms with Crippen LogP contribution in [0.5, 0.6) is 0 Å². The molecule has 5 heteroatoms. The highest BCUT2D eigenvalue weighted by Gasteiger charge is 2.23. The van der Waals surface area contributed by atoms with Crippen LogP contribution < -0.4 is 5.32 Å². The Labute approximate surface area is 152 Å². The third-order valence-electron chi connectivity index (χ3n) is 4.49. The van der Waals surface area contributed by atoms with E-state index in [4.69, 9.17) is 4.74 Å². The van der Waals surface area contributed by atoms with Crippen molar-refractivity contribution >= 4 is 6.09 Å². The zero-order valence-corrected chi connectivity index (χ0v) is 16.3. The molecule has 1 heterocycles. The molecule has 2 rings (SSSR count). The second kappa shape index (κ2) is 8.68. The van der Waals surface area contributed by atoms with Gasteiger partial charge in [-0.05, 0) is 58.8 Å². The summed E-state index contributed by atoms with van der Waals surface area (Å²) in [4.78, 5) is 16.5. The fourth-order valence-electron chi connectivity index (χ4n) is 3.07. The first-order valence-electron chi connectivity index (χ1n) is 9.16. The van der Waals surface area contributed by atoms with Gasteiger partial charge in [-0.2, -0.15) is 0 Å². The summed E-state index contributed by atoms with van der Waals surface area (Å²) in [5.74, 6) is 0. The maximum atomic E-state index is 11.6. The van der Waals surface area contributed by atoms with Crippen molar-refractivity contribution in [2.45, 2.75) is 51.8 Å². The molecule has 1 amide bonds. The Kier molecular flexibility index (Phi) is 6.85. The van der Waals surface area contributed by atoms with Crippen molar-refractivity contribution in [1.82, 2.24) is 15.1 Å². The van der Waals surface area contributed by atoms with Gasteiger partial charge < -0.3 is 15.0 Å². The molecule has 1 aliphatic heterocycles. The number of hydrogen-bond donors (Lipinski definition) is 1. The monoisotopic (exact) mass is 347 g/mol. The lowest BCUT2D eigenvalue weighted by Crippen LogP contribution is -2.33. The van der Waals surface area contributed by atoms with E-state index in [2.05, 4.69) is 53.5 Å². The fraction of sp³-hybridized carbons (Fsp3) is 0.650. The van der Waals surface area contributed by atoms with Crippen molar-refractivity contribution in [2.75, 3.05) is 33.7 Å². The minimum atomic E-state index is -0.451. The summed E-state index contributed by atoms with van der Waals surface area (Å²) in [6, 6.07) is 9.40. The van der Waals surface area contributed by atoms with E-state index in [1.807, 2.05) is 20.8 Å². The van der Waals surface area contributed by atoms with Gasteiger partial charge in [-0.15, -0.1) is 0 Å². The SMILES string of the molecule is CN(C)[C@H]1CCN(Cc2ccc(CCNC(=O)OC(C)(C)C)cc2)C1. The van der Waals surface area contributed by atoms with Gasteiger partial charge in [0.05, 0.1) is 0 Å². The maximum absolute atomic E-state index is 11.6. The van der Waals surface area contributed by atoms with Crippen molar-refractivity contribution in [1.29, 1.82) is 0 Å². The van der Waals surface area contributed by atoms with Crippen LogP contribution in [0.2, 0.25) is 0 Å². The van der Waals surface area contributed by atoms with Crippen LogP contribution >= 0.6 is 0 Å². The lowest BCUT2D eigenvalue weighted by Gasteiger charge is -2.20. The highest BCUT2D eigenvalue weighted by Crippen LogP contribution is 2.16. The number of nitrogens with zero attached hydrogens (tertiary/aromatic N) is 2. The lowest BCUT2D eigenvalue weighted by atomic mass is 10.1. The highest BCUT2D eigenvalue weighted by molar-refractivity contribution is 5.67. The lowest BCUT2D eigenvalue weighted by molar-refractivity contribution is 0.0528. The summed E-state index contributed by atoms with van der Waals surface area (Å²) in [7, 11) is 4.32. The molecule has 0 unspecified atom stereocenters. The number of alkyl carbamates (subject to hydrolysis) is 1. The van der Waals surface area contributed by atoms with Crippen LogP contribution in [-0.2, 0) is 17.7 Å². The average molecular weight is 348 g/mol. The Balaban J connectivity index is 1.72. The molecule has 0 aromatic heterocycles. The molecular weight excluding hydrogens is 314 g/mol. The molecule has 25 heavy (non-hydrogen) atoms. The smallest absolute Gasteiger partial charge is 0.407 e. The van der Waals surface area contributed by atoms with Gasteiger partial charge in [0, 0.05) is 32.2 Å². The predicted molar refractivity (Wildman–Crippen MR) is 102 cm³/mol. The van der Waals surface area contributed by atoms with Gasteiger partial charge in [-0.3, -0.25) is 4.90 Å². The standard InChI is InChI=1S/C20H33N3O2/c1-20(2,3)25-19(24)21-12-10-16-6-8-17(9-7-16)14-23-13-11-18(15-23)22(4)5/h6-9,18H,10-15H2,1-5H3,(H,21,24)/t18-/m0/s1. The van der Waals surface area contributed by atoms with Gasteiger partial charge in [0.15, 0.2) is 0 Å². The maximum Gasteiger partial charge on any atom is 0.407 e. The van der Waals surface area contributed by atoms with E-state index >= 15 is 0 Å². The molecule has 0 spiro atoms. The van der Waals surface area contributed by atoms with E-state index in [-0.39, 0.29) is 6.09 Å². The molecule has 0 bridgehead atoms. The molecule has 1 saturated heterocycles. The van der Waals surface area contributed by atoms with Crippen LogP contribution in [0.1, 0.15) is 38.3 Å². The molecular formula is C20H33N3O2. The van der Waals surface area contributed by atoms with Crippen LogP contribution in [0.15, 0.2) is 24.3 Å². The van der Waals surface area contributed by atoms with Gasteiger partial charge in [0.25, 0.3) is 0 Å². The Morgan fingerprint density at radius 2 is 1.88 bits per heavy atom. The molecule has 140 valence electrons. The molecule has 1 fully saturated rings. The summed E-state index contributed by atoms with van der Waals surface area (Å²) in [5, 5.41) is 2.80. The van der Waals surface area contributed by atoms with Gasteiger partial charge in [0.2, 0.25) is 0 Å². The van der Waals surface area contributed by atoms with E-state index in [0.717, 1.165) is 19.5 Å². The van der Waals surface area contributed by atoms with Gasteiger partial charge in [-0.1, -0.05) is 24.3 Å². The Bertz CT molecular complexity index is 549. The number of nitrogens with one attached hydrogen (secondary N) is 1. The van der Waals surface area contributed by atoms with Gasteiger partial charge in [-0.25, -0.2) is 4.79 Å². The number of hydrogen-bond acceptors (Lipinski definition) is 4. The van der Waals surface area contributed by atoms with E-state index in [1.54, 1.807) is 0 Å². The van der Waals surface area contributed by atoms with E-state index in [9.17, 15) is 4.79 Å². The third kappa shape index (κ3) is 7.04. The van der Waals surface area contributed by atoms with Crippen molar-refractivity contribution in [3.8, 4) is 0 Å². The molecule has 1 N–H and O–H groups in total. The zero-order valence-electron chi connectivity index (χ0n) is 16.3. The number of carbonyl (C=O) groups excluding carboxylic acids is 1. The molecule has 0 radical (unpaired) electrons. The summed E-state index contributed by atoms with van der Waals surface area (Å²) in [6.45, 7) is 9.52. The van der Waals surface area contributed by atoms with Crippen molar-refractivity contribution in [3.05, 3.63) is 35.4 Å². The molecule has 1 aromatic rings. The largest absolute Gasteiger partial charge is 0.444 e.